The predicted molar refractivity (Wildman–Crippen MR) is 85.8 cm³/mol. The molecule has 0 unspecified atom stereocenters. The highest BCUT2D eigenvalue weighted by molar-refractivity contribution is 7.09. The molecule has 3 rings (SSSR count). The molecule has 2 N–H and O–H groups in total. The van der Waals surface area contributed by atoms with Gasteiger partial charge < -0.3 is 14.8 Å². The van der Waals surface area contributed by atoms with Crippen LogP contribution >= 0.6 is 11.3 Å². The highest BCUT2D eigenvalue weighted by Crippen LogP contribution is 2.29. The number of carboxylic acid groups (broad SMARTS) is 1. The van der Waals surface area contributed by atoms with E-state index in [1.54, 1.807) is 6.92 Å². The van der Waals surface area contributed by atoms with E-state index in [1.807, 2.05) is 0 Å². The summed E-state index contributed by atoms with van der Waals surface area (Å²) in [6.07, 6.45) is 2.34. The van der Waals surface area contributed by atoms with Gasteiger partial charge in [-0.05, 0) is 13.3 Å². The molecule has 8 heteroatoms. The van der Waals surface area contributed by atoms with Gasteiger partial charge in [0.2, 0.25) is 0 Å². The molecule has 0 radical (unpaired) electrons. The number of carboxylic acids is 1. The van der Waals surface area contributed by atoms with Crippen LogP contribution in [0.25, 0.3) is 0 Å². The second-order valence-corrected chi connectivity index (χ2v) is 6.51. The molecular weight excluding hydrogens is 332 g/mol. The molecule has 7 nitrogen and oxygen atoms in total. The molecule has 1 amide bonds. The third-order valence-corrected chi connectivity index (χ3v) is 4.82. The summed E-state index contributed by atoms with van der Waals surface area (Å²) in [5.41, 5.74) is 1.15. The number of nitrogens with one attached hydrogen (secondary N) is 1. The van der Waals surface area contributed by atoms with Gasteiger partial charge in [0.15, 0.2) is 17.2 Å². The third-order valence-electron chi connectivity index (χ3n) is 3.91. The van der Waals surface area contributed by atoms with Gasteiger partial charge in [-0.1, -0.05) is 0 Å². The van der Waals surface area contributed by atoms with Gasteiger partial charge in [0.05, 0.1) is 10.6 Å². The lowest BCUT2D eigenvalue weighted by atomic mass is 9.94. The number of rotatable bonds is 5. The normalized spacial score (nSPS) is 13.6. The number of aromatic nitrogens is 1. The van der Waals surface area contributed by atoms with Crippen LogP contribution in [0.4, 0.5) is 0 Å². The number of ketones is 1. The van der Waals surface area contributed by atoms with E-state index in [-0.39, 0.29) is 23.1 Å². The smallest absolute Gasteiger partial charge is 0.355 e. The number of hydrogen-bond acceptors (Lipinski definition) is 6. The average molecular weight is 348 g/mol. The van der Waals surface area contributed by atoms with E-state index in [1.165, 1.54) is 16.7 Å². The van der Waals surface area contributed by atoms with Crippen molar-refractivity contribution in [1.82, 2.24) is 10.3 Å². The number of aryl methyl sites for hydroxylation is 1. The molecule has 126 valence electrons. The van der Waals surface area contributed by atoms with Gasteiger partial charge in [0, 0.05) is 36.8 Å². The number of carbonyl (C=O) groups is 3. The molecule has 0 saturated carbocycles. The van der Waals surface area contributed by atoms with Gasteiger partial charge in [-0.15, -0.1) is 11.3 Å². The van der Waals surface area contributed by atoms with E-state index in [2.05, 4.69) is 10.3 Å². The SMILES string of the molecule is Cc1c(C(=O)NCCc2nc(C(=O)O)cs2)oc2c1C(=O)CCC2. The lowest BCUT2D eigenvalue weighted by Gasteiger charge is -2.07. The second kappa shape index (κ2) is 6.56. The Morgan fingerprint density at radius 3 is 2.88 bits per heavy atom. The summed E-state index contributed by atoms with van der Waals surface area (Å²) in [5, 5.41) is 13.7. The lowest BCUT2D eigenvalue weighted by Crippen LogP contribution is -2.26. The Kier molecular flexibility index (Phi) is 4.48. The lowest BCUT2D eigenvalue weighted by molar-refractivity contribution is 0.0690. The fourth-order valence-electron chi connectivity index (χ4n) is 2.75. The van der Waals surface area contributed by atoms with Crippen molar-refractivity contribution >= 4 is 29.0 Å². The van der Waals surface area contributed by atoms with Crippen molar-refractivity contribution in [3.8, 4) is 0 Å². The van der Waals surface area contributed by atoms with Gasteiger partial charge in [-0.3, -0.25) is 9.59 Å². The third kappa shape index (κ3) is 3.09. The summed E-state index contributed by atoms with van der Waals surface area (Å²) in [6, 6.07) is 0. The minimum absolute atomic E-state index is 0.00870. The van der Waals surface area contributed by atoms with E-state index in [0.29, 0.717) is 47.7 Å². The van der Waals surface area contributed by atoms with Gasteiger partial charge in [-0.2, -0.15) is 0 Å². The van der Waals surface area contributed by atoms with Crippen LogP contribution in [0.3, 0.4) is 0 Å². The Morgan fingerprint density at radius 1 is 1.42 bits per heavy atom. The zero-order valence-electron chi connectivity index (χ0n) is 13.0. The largest absolute Gasteiger partial charge is 0.476 e. The van der Waals surface area contributed by atoms with Crippen LogP contribution in [0, 0.1) is 6.92 Å². The summed E-state index contributed by atoms with van der Waals surface area (Å²) in [5.74, 6) is -0.631. The maximum atomic E-state index is 12.3. The van der Waals surface area contributed by atoms with E-state index in [9.17, 15) is 14.4 Å². The number of aromatic carboxylic acids is 1. The monoisotopic (exact) mass is 348 g/mol. The molecule has 24 heavy (non-hydrogen) atoms. The maximum absolute atomic E-state index is 12.3. The zero-order valence-corrected chi connectivity index (χ0v) is 13.9. The molecule has 0 aromatic carbocycles. The number of hydrogen-bond donors (Lipinski definition) is 2. The number of amides is 1. The number of thiazole rings is 1. The Morgan fingerprint density at radius 2 is 2.21 bits per heavy atom. The molecule has 2 heterocycles. The van der Waals surface area contributed by atoms with Crippen molar-refractivity contribution in [2.75, 3.05) is 6.54 Å². The van der Waals surface area contributed by atoms with Crippen molar-refractivity contribution < 1.29 is 23.9 Å². The van der Waals surface area contributed by atoms with Crippen LogP contribution in [0.2, 0.25) is 0 Å². The van der Waals surface area contributed by atoms with E-state index >= 15 is 0 Å². The summed E-state index contributed by atoms with van der Waals surface area (Å²) < 4.78 is 5.58. The number of Topliss-reactive ketones (excluding diaryl/α,β-unsaturated/α-hetero) is 1. The van der Waals surface area contributed by atoms with Crippen molar-refractivity contribution in [2.45, 2.75) is 32.6 Å². The van der Waals surface area contributed by atoms with Crippen molar-refractivity contribution in [1.29, 1.82) is 0 Å². The number of fused-ring (bicyclic) bond motifs is 1. The van der Waals surface area contributed by atoms with Gasteiger partial charge >= 0.3 is 5.97 Å². The van der Waals surface area contributed by atoms with Gasteiger partial charge in [0.1, 0.15) is 5.76 Å². The molecule has 2 aromatic heterocycles. The number of carbonyl (C=O) groups excluding carboxylic acids is 2. The van der Waals surface area contributed by atoms with Crippen molar-refractivity contribution in [3.05, 3.63) is 38.7 Å². The first kappa shape index (κ1) is 16.4. The topological polar surface area (TPSA) is 110 Å². The molecule has 0 fully saturated rings. The van der Waals surface area contributed by atoms with E-state index < -0.39 is 5.97 Å². The van der Waals surface area contributed by atoms with Crippen LogP contribution in [-0.2, 0) is 12.8 Å². The van der Waals surface area contributed by atoms with Crippen LogP contribution in [0.5, 0.6) is 0 Å². The molecule has 1 aliphatic carbocycles. The van der Waals surface area contributed by atoms with Crippen LogP contribution in [0.15, 0.2) is 9.80 Å². The molecule has 0 bridgehead atoms. The molecule has 0 atom stereocenters. The molecular formula is C16H16N2O5S. The first-order valence-corrected chi connectivity index (χ1v) is 8.46. The van der Waals surface area contributed by atoms with Crippen molar-refractivity contribution in [2.24, 2.45) is 0 Å². The molecule has 2 aromatic rings. The average Bonchev–Trinajstić information content (AvgIpc) is 3.13. The molecule has 1 aliphatic rings. The maximum Gasteiger partial charge on any atom is 0.355 e. The fraction of sp³-hybridized carbons (Fsp3) is 0.375. The van der Waals surface area contributed by atoms with Crippen molar-refractivity contribution in [3.63, 3.8) is 0 Å². The van der Waals surface area contributed by atoms with Gasteiger partial charge in [-0.25, -0.2) is 9.78 Å². The van der Waals surface area contributed by atoms with Crippen LogP contribution < -0.4 is 5.32 Å². The minimum Gasteiger partial charge on any atom is -0.476 e. The molecule has 0 saturated heterocycles. The van der Waals surface area contributed by atoms with E-state index in [0.717, 1.165) is 6.42 Å². The molecule has 0 aliphatic heterocycles. The standard InChI is InChI=1S/C16H16N2O5S/c1-8-13-10(19)3-2-4-11(13)23-14(8)15(20)17-6-5-12-18-9(7-24-12)16(21)22/h7H,2-6H2,1H3,(H,17,20)(H,21,22). The Labute approximate surface area is 141 Å². The first-order valence-electron chi connectivity index (χ1n) is 7.58. The first-order chi connectivity index (χ1) is 11.5. The predicted octanol–water partition coefficient (Wildman–Crippen LogP) is 2.23. The quantitative estimate of drug-likeness (QED) is 0.857. The Bertz CT molecular complexity index is 821. The number of furan rings is 1. The summed E-state index contributed by atoms with van der Waals surface area (Å²) >= 11 is 1.24. The molecule has 0 spiro atoms. The Balaban J connectivity index is 1.63. The number of nitrogens with zero attached hydrogens (tertiary/aromatic N) is 1. The van der Waals surface area contributed by atoms with E-state index in [4.69, 9.17) is 9.52 Å². The zero-order chi connectivity index (χ0) is 17.3. The Hall–Kier alpha value is -2.48. The summed E-state index contributed by atoms with van der Waals surface area (Å²) in [6.45, 7) is 2.03. The minimum atomic E-state index is -1.07. The highest BCUT2D eigenvalue weighted by Gasteiger charge is 2.28. The summed E-state index contributed by atoms with van der Waals surface area (Å²) in [4.78, 5) is 39.0. The van der Waals surface area contributed by atoms with Crippen LogP contribution in [-0.4, -0.2) is 34.3 Å². The van der Waals surface area contributed by atoms with Gasteiger partial charge in [0.25, 0.3) is 5.91 Å². The fourth-order valence-corrected chi connectivity index (χ4v) is 3.52. The second-order valence-electron chi connectivity index (χ2n) is 5.57. The van der Waals surface area contributed by atoms with Crippen LogP contribution in [0.1, 0.15) is 60.6 Å². The summed E-state index contributed by atoms with van der Waals surface area (Å²) in [7, 11) is 0. The highest BCUT2D eigenvalue weighted by atomic mass is 32.1.